The number of anilines is 1. The highest BCUT2D eigenvalue weighted by Gasteiger charge is 2.52. The second-order valence-electron chi connectivity index (χ2n) is 8.03. The van der Waals surface area contributed by atoms with Crippen LogP contribution in [0.5, 0.6) is 0 Å². The van der Waals surface area contributed by atoms with E-state index in [9.17, 15) is 4.79 Å². The topological polar surface area (TPSA) is 103 Å². The number of rotatable bonds is 3. The highest BCUT2D eigenvalue weighted by atomic mass is 35.5. The molecule has 4 aromatic rings. The van der Waals surface area contributed by atoms with Crippen molar-refractivity contribution in [2.45, 2.75) is 37.0 Å². The maximum Gasteiger partial charge on any atom is 0.232 e. The predicted octanol–water partition coefficient (Wildman–Crippen LogP) is 3.56. The Kier molecular flexibility index (Phi) is 4.06. The van der Waals surface area contributed by atoms with Crippen LogP contribution < -0.4 is 5.32 Å². The molecular formula is C20H16Cl2N8O. The highest BCUT2D eigenvalue weighted by molar-refractivity contribution is 6.32. The second-order valence-corrected chi connectivity index (χ2v) is 8.82. The molecule has 0 radical (unpaired) electrons. The summed E-state index contributed by atoms with van der Waals surface area (Å²) in [6, 6.07) is 3.39. The van der Waals surface area contributed by atoms with Gasteiger partial charge in [-0.3, -0.25) is 4.79 Å². The van der Waals surface area contributed by atoms with Gasteiger partial charge in [-0.1, -0.05) is 29.6 Å². The number of carbonyl (C=O) groups is 1. The molecule has 4 aromatic heterocycles. The first-order valence-corrected chi connectivity index (χ1v) is 10.7. The molecule has 0 aliphatic heterocycles. The molecule has 4 heterocycles. The van der Waals surface area contributed by atoms with E-state index in [0.29, 0.717) is 27.3 Å². The molecule has 2 aliphatic rings. The first-order chi connectivity index (χ1) is 15.0. The minimum atomic E-state index is -0.332. The monoisotopic (exact) mass is 454 g/mol. The predicted molar refractivity (Wildman–Crippen MR) is 114 cm³/mol. The Morgan fingerprint density at radius 3 is 2.65 bits per heavy atom. The molecular weight excluding hydrogens is 439 g/mol. The zero-order valence-electron chi connectivity index (χ0n) is 16.2. The number of nitrogens with zero attached hydrogens (tertiary/aromatic N) is 7. The summed E-state index contributed by atoms with van der Waals surface area (Å²) in [4.78, 5) is 23.4. The van der Waals surface area contributed by atoms with Crippen molar-refractivity contribution in [2.24, 2.45) is 0 Å². The van der Waals surface area contributed by atoms with Crippen LogP contribution in [0.25, 0.3) is 11.5 Å². The molecule has 1 amide bonds. The zero-order chi connectivity index (χ0) is 21.2. The van der Waals surface area contributed by atoms with Gasteiger partial charge in [0.2, 0.25) is 5.91 Å². The molecule has 1 N–H and O–H groups in total. The molecule has 11 heteroatoms. The van der Waals surface area contributed by atoms with Crippen molar-refractivity contribution in [1.82, 2.24) is 34.6 Å². The van der Waals surface area contributed by atoms with Gasteiger partial charge in [-0.05, 0) is 25.3 Å². The van der Waals surface area contributed by atoms with Crippen LogP contribution in [0.2, 0.25) is 10.2 Å². The molecule has 1 unspecified atom stereocenters. The number of aromatic nitrogens is 7. The molecule has 1 saturated carbocycles. The molecule has 9 nitrogen and oxygen atoms in total. The van der Waals surface area contributed by atoms with E-state index in [0.717, 1.165) is 36.9 Å². The number of halogens is 2. The molecule has 31 heavy (non-hydrogen) atoms. The van der Waals surface area contributed by atoms with Gasteiger partial charge in [0.1, 0.15) is 0 Å². The minimum Gasteiger partial charge on any atom is -0.324 e. The second kappa shape index (κ2) is 6.73. The van der Waals surface area contributed by atoms with Crippen LogP contribution in [-0.4, -0.2) is 40.5 Å². The van der Waals surface area contributed by atoms with Crippen LogP contribution >= 0.6 is 23.2 Å². The lowest BCUT2D eigenvalue weighted by Gasteiger charge is -2.39. The fourth-order valence-electron chi connectivity index (χ4n) is 4.78. The van der Waals surface area contributed by atoms with Crippen molar-refractivity contribution in [3.05, 3.63) is 58.4 Å². The van der Waals surface area contributed by atoms with Crippen molar-refractivity contribution >= 4 is 40.4 Å². The van der Waals surface area contributed by atoms with Gasteiger partial charge in [0, 0.05) is 23.2 Å². The van der Waals surface area contributed by atoms with Gasteiger partial charge in [-0.15, -0.1) is 4.80 Å². The number of hydrogen-bond acceptors (Lipinski definition) is 6. The third-order valence-electron chi connectivity index (χ3n) is 6.28. The van der Waals surface area contributed by atoms with Crippen molar-refractivity contribution < 1.29 is 4.79 Å². The molecule has 2 aliphatic carbocycles. The number of carbonyl (C=O) groups excluding carboxylic acids is 1. The Labute approximate surface area is 186 Å². The number of hydrogen-bond donors (Lipinski definition) is 1. The summed E-state index contributed by atoms with van der Waals surface area (Å²) in [5.74, 6) is -0.0554. The maximum atomic E-state index is 13.3. The minimum absolute atomic E-state index is 0.0562. The average molecular weight is 455 g/mol. The number of nitrogens with one attached hydrogen (secondary N) is 1. The fourth-order valence-corrected chi connectivity index (χ4v) is 5.20. The first-order valence-electron chi connectivity index (χ1n) is 9.92. The Bertz CT molecular complexity index is 1330. The van der Waals surface area contributed by atoms with Crippen molar-refractivity contribution in [3.63, 3.8) is 0 Å². The highest BCUT2D eigenvalue weighted by Crippen LogP contribution is 2.56. The van der Waals surface area contributed by atoms with E-state index in [1.807, 2.05) is 4.52 Å². The summed E-state index contributed by atoms with van der Waals surface area (Å²) >= 11 is 12.5. The number of pyridine rings is 1. The van der Waals surface area contributed by atoms with Gasteiger partial charge in [-0.25, -0.2) is 14.5 Å². The van der Waals surface area contributed by atoms with E-state index in [1.54, 1.807) is 36.9 Å². The summed E-state index contributed by atoms with van der Waals surface area (Å²) in [5, 5.41) is 16.2. The molecule has 156 valence electrons. The van der Waals surface area contributed by atoms with E-state index in [-0.39, 0.29) is 17.2 Å². The van der Waals surface area contributed by atoms with Crippen LogP contribution in [0.15, 0.2) is 36.9 Å². The molecule has 6 rings (SSSR count). The molecule has 0 bridgehead atoms. The Hall–Kier alpha value is -3.04. The third kappa shape index (κ3) is 2.84. The number of amides is 1. The first kappa shape index (κ1) is 18.7. The summed E-state index contributed by atoms with van der Waals surface area (Å²) in [6.45, 7) is 0. The maximum absolute atomic E-state index is 13.3. The van der Waals surface area contributed by atoms with Crippen LogP contribution in [0.3, 0.4) is 0 Å². The lowest BCUT2D eigenvalue weighted by atomic mass is 9.66. The molecule has 1 spiro atoms. The SMILES string of the molecule is O=C(Nc1cnc(-n2nccn2)c(Cl)c1)C1CC2(CCC2)c2c1cnc1cc(Cl)nn21. The van der Waals surface area contributed by atoms with Crippen LogP contribution in [0, 0.1) is 0 Å². The molecule has 0 aromatic carbocycles. The Morgan fingerprint density at radius 1 is 1.13 bits per heavy atom. The smallest absolute Gasteiger partial charge is 0.232 e. The largest absolute Gasteiger partial charge is 0.324 e. The van der Waals surface area contributed by atoms with Gasteiger partial charge in [0.15, 0.2) is 16.6 Å². The number of fused-ring (bicyclic) bond motifs is 4. The van der Waals surface area contributed by atoms with Crippen molar-refractivity contribution in [3.8, 4) is 5.82 Å². The normalized spacial score (nSPS) is 18.8. The van der Waals surface area contributed by atoms with E-state index < -0.39 is 0 Å². The summed E-state index contributed by atoms with van der Waals surface area (Å²) in [5.41, 5.74) is 3.13. The molecule has 1 atom stereocenters. The Morgan fingerprint density at radius 2 is 1.94 bits per heavy atom. The van der Waals surface area contributed by atoms with E-state index in [2.05, 4.69) is 30.6 Å². The summed E-state index contributed by atoms with van der Waals surface area (Å²) in [6.07, 6.45) is 10.3. The zero-order valence-corrected chi connectivity index (χ0v) is 17.7. The van der Waals surface area contributed by atoms with Crippen LogP contribution in [0.4, 0.5) is 5.69 Å². The van der Waals surface area contributed by atoms with Gasteiger partial charge in [0.25, 0.3) is 0 Å². The van der Waals surface area contributed by atoms with Crippen LogP contribution in [-0.2, 0) is 10.2 Å². The lowest BCUT2D eigenvalue weighted by molar-refractivity contribution is -0.117. The van der Waals surface area contributed by atoms with Gasteiger partial charge >= 0.3 is 0 Å². The fraction of sp³-hybridized carbons (Fsp3) is 0.300. The summed E-state index contributed by atoms with van der Waals surface area (Å²) < 4.78 is 1.81. The van der Waals surface area contributed by atoms with Gasteiger partial charge < -0.3 is 5.32 Å². The lowest BCUT2D eigenvalue weighted by Crippen LogP contribution is -2.34. The Balaban J connectivity index is 1.33. The quantitative estimate of drug-likeness (QED) is 0.507. The van der Waals surface area contributed by atoms with Gasteiger partial charge in [0.05, 0.1) is 40.9 Å². The van der Waals surface area contributed by atoms with E-state index in [1.165, 1.54) is 4.80 Å². The van der Waals surface area contributed by atoms with E-state index >= 15 is 0 Å². The van der Waals surface area contributed by atoms with Crippen molar-refractivity contribution in [1.29, 1.82) is 0 Å². The van der Waals surface area contributed by atoms with Gasteiger partial charge in [-0.2, -0.15) is 15.3 Å². The van der Waals surface area contributed by atoms with E-state index in [4.69, 9.17) is 23.2 Å². The van der Waals surface area contributed by atoms with Crippen LogP contribution in [0.1, 0.15) is 42.9 Å². The molecule has 0 saturated heterocycles. The van der Waals surface area contributed by atoms with Crippen molar-refractivity contribution in [2.75, 3.05) is 5.32 Å². The molecule has 1 fully saturated rings. The average Bonchev–Trinajstić information content (AvgIpc) is 3.43. The summed E-state index contributed by atoms with van der Waals surface area (Å²) in [7, 11) is 0. The standard InChI is InChI=1S/C20H16Cl2N8O/c21-14-6-11(9-24-18(14)30-25-4-5-26-30)27-19(31)12-8-20(2-1-3-20)17-13(12)10-23-16-7-15(22)28-29(16)17/h4-7,9-10,12H,1-3,8H2,(H,27,31). The third-order valence-corrected chi connectivity index (χ3v) is 6.74.